The summed E-state index contributed by atoms with van der Waals surface area (Å²) in [6.45, 7) is 0.184. The van der Waals surface area contributed by atoms with Gasteiger partial charge in [-0.1, -0.05) is 19.3 Å². The number of hydrogen-bond acceptors (Lipinski definition) is 5. The van der Waals surface area contributed by atoms with Crippen LogP contribution in [-0.4, -0.2) is 49.2 Å². The molecule has 1 aromatic rings. The number of hydrogen-bond donors (Lipinski definition) is 2. The molecule has 1 aliphatic heterocycles. The van der Waals surface area contributed by atoms with Crippen molar-refractivity contribution < 1.29 is 29.0 Å². The SMILES string of the molecule is COc1ccc(N2CC(C(=O)NC3(C(=O)O)CCCCC3)CC2=O)c(OC)c1. The fourth-order valence-electron chi connectivity index (χ4n) is 4.01. The van der Waals surface area contributed by atoms with Crippen molar-refractivity contribution in [1.29, 1.82) is 0 Å². The number of anilines is 1. The van der Waals surface area contributed by atoms with Crippen molar-refractivity contribution in [3.05, 3.63) is 18.2 Å². The van der Waals surface area contributed by atoms with E-state index in [0.29, 0.717) is 30.0 Å². The van der Waals surface area contributed by atoms with Crippen LogP contribution in [0.3, 0.4) is 0 Å². The lowest BCUT2D eigenvalue weighted by Gasteiger charge is -2.34. The number of rotatable bonds is 6. The van der Waals surface area contributed by atoms with Gasteiger partial charge in [0.15, 0.2) is 0 Å². The molecule has 8 heteroatoms. The van der Waals surface area contributed by atoms with E-state index in [1.54, 1.807) is 25.3 Å². The lowest BCUT2D eigenvalue weighted by Crippen LogP contribution is -2.57. The van der Waals surface area contributed by atoms with Gasteiger partial charge in [0.25, 0.3) is 0 Å². The Bertz CT molecular complexity index is 772. The van der Waals surface area contributed by atoms with E-state index in [1.165, 1.54) is 12.0 Å². The van der Waals surface area contributed by atoms with Crippen LogP contribution in [0.15, 0.2) is 18.2 Å². The topological polar surface area (TPSA) is 105 Å². The highest BCUT2D eigenvalue weighted by Gasteiger charge is 2.44. The Morgan fingerprint density at radius 1 is 1.18 bits per heavy atom. The van der Waals surface area contributed by atoms with Gasteiger partial charge in [-0.25, -0.2) is 4.79 Å². The fourth-order valence-corrected chi connectivity index (χ4v) is 4.01. The number of benzene rings is 1. The Kier molecular flexibility index (Phi) is 5.76. The molecule has 0 spiro atoms. The summed E-state index contributed by atoms with van der Waals surface area (Å²) in [5.41, 5.74) is -0.655. The van der Waals surface area contributed by atoms with Crippen molar-refractivity contribution in [2.45, 2.75) is 44.1 Å². The van der Waals surface area contributed by atoms with Gasteiger partial charge in [0.1, 0.15) is 17.0 Å². The molecule has 152 valence electrons. The standard InChI is InChI=1S/C20H26N2O6/c1-27-14-6-7-15(16(11-14)28-2)22-12-13(10-17(22)23)18(24)21-20(19(25)26)8-4-3-5-9-20/h6-7,11,13H,3-5,8-10,12H2,1-2H3,(H,21,24)(H,25,26). The van der Waals surface area contributed by atoms with Gasteiger partial charge >= 0.3 is 5.97 Å². The maximum atomic E-state index is 12.8. The van der Waals surface area contributed by atoms with Gasteiger partial charge in [0.2, 0.25) is 11.8 Å². The van der Waals surface area contributed by atoms with Crippen LogP contribution in [0.1, 0.15) is 38.5 Å². The highest BCUT2D eigenvalue weighted by atomic mass is 16.5. The minimum atomic E-state index is -1.22. The Morgan fingerprint density at radius 2 is 1.89 bits per heavy atom. The second kappa shape index (κ2) is 8.08. The molecule has 1 aliphatic carbocycles. The number of carbonyl (C=O) groups excluding carboxylic acids is 2. The van der Waals surface area contributed by atoms with E-state index in [9.17, 15) is 19.5 Å². The minimum Gasteiger partial charge on any atom is -0.497 e. The summed E-state index contributed by atoms with van der Waals surface area (Å²) in [7, 11) is 3.04. The monoisotopic (exact) mass is 390 g/mol. The van der Waals surface area contributed by atoms with Gasteiger partial charge in [0.05, 0.1) is 25.8 Å². The number of carboxylic acids is 1. The van der Waals surface area contributed by atoms with E-state index >= 15 is 0 Å². The number of ether oxygens (including phenoxy) is 2. The third-order valence-corrected chi connectivity index (χ3v) is 5.65. The van der Waals surface area contributed by atoms with Gasteiger partial charge in [-0.05, 0) is 25.0 Å². The largest absolute Gasteiger partial charge is 0.497 e. The first kappa shape index (κ1) is 20.0. The van der Waals surface area contributed by atoms with E-state index in [1.807, 2.05) is 0 Å². The summed E-state index contributed by atoms with van der Waals surface area (Å²) in [5.74, 6) is -1.11. The zero-order valence-corrected chi connectivity index (χ0v) is 16.2. The Morgan fingerprint density at radius 3 is 2.50 bits per heavy atom. The highest BCUT2D eigenvalue weighted by molar-refractivity contribution is 6.02. The molecule has 2 fully saturated rings. The normalized spacial score (nSPS) is 21.3. The summed E-state index contributed by atoms with van der Waals surface area (Å²) >= 11 is 0. The highest BCUT2D eigenvalue weighted by Crippen LogP contribution is 2.36. The van der Waals surface area contributed by atoms with Crippen LogP contribution in [0, 0.1) is 5.92 Å². The third-order valence-electron chi connectivity index (χ3n) is 5.65. The van der Waals surface area contributed by atoms with Crippen molar-refractivity contribution in [3.8, 4) is 11.5 Å². The second-order valence-electron chi connectivity index (χ2n) is 7.38. The molecule has 0 radical (unpaired) electrons. The summed E-state index contributed by atoms with van der Waals surface area (Å²) < 4.78 is 10.5. The Labute approximate surface area is 163 Å². The summed E-state index contributed by atoms with van der Waals surface area (Å²) in [4.78, 5) is 38.7. The van der Waals surface area contributed by atoms with Gasteiger partial charge in [-0.15, -0.1) is 0 Å². The predicted molar refractivity (Wildman–Crippen MR) is 102 cm³/mol. The van der Waals surface area contributed by atoms with Crippen LogP contribution in [0.25, 0.3) is 0 Å². The van der Waals surface area contributed by atoms with Gasteiger partial charge in [-0.3, -0.25) is 9.59 Å². The van der Waals surface area contributed by atoms with Crippen molar-refractivity contribution in [1.82, 2.24) is 5.32 Å². The van der Waals surface area contributed by atoms with Gasteiger partial charge in [-0.2, -0.15) is 0 Å². The third kappa shape index (κ3) is 3.76. The summed E-state index contributed by atoms with van der Waals surface area (Å²) in [6, 6.07) is 5.12. The average molecular weight is 390 g/mol. The van der Waals surface area contributed by atoms with E-state index < -0.39 is 17.4 Å². The number of nitrogens with zero attached hydrogens (tertiary/aromatic N) is 1. The smallest absolute Gasteiger partial charge is 0.329 e. The van der Waals surface area contributed by atoms with Crippen LogP contribution in [0.2, 0.25) is 0 Å². The Balaban J connectivity index is 1.75. The molecule has 1 aromatic carbocycles. The van der Waals surface area contributed by atoms with E-state index in [-0.39, 0.29) is 24.8 Å². The van der Waals surface area contributed by atoms with E-state index in [4.69, 9.17) is 9.47 Å². The molecule has 1 atom stereocenters. The molecule has 2 aliphatic rings. The van der Waals surface area contributed by atoms with Crippen LogP contribution in [0.5, 0.6) is 11.5 Å². The van der Waals surface area contributed by atoms with Gasteiger partial charge in [0, 0.05) is 19.0 Å². The van der Waals surface area contributed by atoms with Crippen molar-refractivity contribution in [2.24, 2.45) is 5.92 Å². The summed E-state index contributed by atoms with van der Waals surface area (Å²) in [6.07, 6.45) is 3.39. The molecule has 1 heterocycles. The fraction of sp³-hybridized carbons (Fsp3) is 0.550. The first-order valence-electron chi connectivity index (χ1n) is 9.48. The first-order valence-corrected chi connectivity index (χ1v) is 9.48. The van der Waals surface area contributed by atoms with Crippen LogP contribution in [0.4, 0.5) is 5.69 Å². The van der Waals surface area contributed by atoms with Crippen LogP contribution < -0.4 is 19.7 Å². The molecule has 28 heavy (non-hydrogen) atoms. The molecule has 1 unspecified atom stereocenters. The average Bonchev–Trinajstić information content (AvgIpc) is 3.09. The number of carboxylic acid groups (broad SMARTS) is 1. The zero-order chi connectivity index (χ0) is 20.3. The molecule has 0 bridgehead atoms. The molecule has 2 amide bonds. The molecule has 8 nitrogen and oxygen atoms in total. The molecule has 0 aromatic heterocycles. The number of nitrogens with one attached hydrogen (secondary N) is 1. The van der Waals surface area contributed by atoms with Crippen molar-refractivity contribution in [3.63, 3.8) is 0 Å². The molecule has 1 saturated carbocycles. The Hall–Kier alpha value is -2.77. The van der Waals surface area contributed by atoms with Crippen molar-refractivity contribution in [2.75, 3.05) is 25.7 Å². The quantitative estimate of drug-likeness (QED) is 0.769. The number of methoxy groups -OCH3 is 2. The van der Waals surface area contributed by atoms with Crippen LogP contribution in [-0.2, 0) is 14.4 Å². The predicted octanol–water partition coefficient (Wildman–Crippen LogP) is 1.96. The lowest BCUT2D eigenvalue weighted by atomic mass is 9.81. The number of carbonyl (C=O) groups is 3. The maximum absolute atomic E-state index is 12.8. The van der Waals surface area contributed by atoms with Gasteiger partial charge < -0.3 is 24.8 Å². The van der Waals surface area contributed by atoms with E-state index in [0.717, 1.165) is 19.3 Å². The molecule has 3 rings (SSSR count). The van der Waals surface area contributed by atoms with Crippen LogP contribution >= 0.6 is 0 Å². The first-order chi connectivity index (χ1) is 13.4. The lowest BCUT2D eigenvalue weighted by molar-refractivity contribution is -0.149. The molecular weight excluding hydrogens is 364 g/mol. The molecule has 1 saturated heterocycles. The van der Waals surface area contributed by atoms with E-state index in [2.05, 4.69) is 5.32 Å². The number of aliphatic carboxylic acids is 1. The minimum absolute atomic E-state index is 0.0384. The number of amides is 2. The second-order valence-corrected chi connectivity index (χ2v) is 7.38. The maximum Gasteiger partial charge on any atom is 0.329 e. The zero-order valence-electron chi connectivity index (χ0n) is 16.2. The summed E-state index contributed by atoms with van der Waals surface area (Å²) in [5, 5.41) is 12.4. The molecular formula is C20H26N2O6. The van der Waals surface area contributed by atoms with Crippen molar-refractivity contribution >= 4 is 23.5 Å². The molecule has 2 N–H and O–H groups in total.